The summed E-state index contributed by atoms with van der Waals surface area (Å²) in [5, 5.41) is 0. The quantitative estimate of drug-likeness (QED) is 0.785. The molecule has 7 heteroatoms. The van der Waals surface area contributed by atoms with Crippen molar-refractivity contribution in [3.63, 3.8) is 0 Å². The molecule has 1 aliphatic heterocycles. The number of unbranched alkanes of at least 4 members (excludes halogenated alkanes) is 1. The van der Waals surface area contributed by atoms with Crippen LogP contribution < -0.4 is 4.90 Å². The smallest absolute Gasteiger partial charge is 0.409 e. The summed E-state index contributed by atoms with van der Waals surface area (Å²) in [5.41, 5.74) is 0. The van der Waals surface area contributed by atoms with E-state index in [4.69, 9.17) is 4.74 Å². The lowest BCUT2D eigenvalue weighted by molar-refractivity contribution is 0.0989. The van der Waals surface area contributed by atoms with Gasteiger partial charge in [0, 0.05) is 26.2 Å². The molecule has 2 rings (SSSR count). The minimum Gasteiger partial charge on any atom is -0.449 e. The molecular weight excluding hydrogens is 324 g/mol. The molecule has 110 valence electrons. The normalized spacial score (nSPS) is 15.3. The van der Waals surface area contributed by atoms with Gasteiger partial charge in [-0.1, -0.05) is 13.3 Å². The van der Waals surface area contributed by atoms with Crippen molar-refractivity contribution < 1.29 is 9.53 Å². The maximum Gasteiger partial charge on any atom is 0.409 e. The summed E-state index contributed by atoms with van der Waals surface area (Å²) in [6.07, 6.45) is 5.16. The Kier molecular flexibility index (Phi) is 5.58. The molecule has 0 aliphatic carbocycles. The number of nitrogens with zero attached hydrogens (tertiary/aromatic N) is 4. The molecule has 0 spiro atoms. The van der Waals surface area contributed by atoms with Crippen LogP contribution in [-0.4, -0.2) is 53.7 Å². The molecule has 1 amide bonds. The molecule has 0 N–H and O–H groups in total. The summed E-state index contributed by atoms with van der Waals surface area (Å²) in [4.78, 5) is 24.2. The zero-order valence-electron chi connectivity index (χ0n) is 11.6. The van der Waals surface area contributed by atoms with Gasteiger partial charge in [-0.2, -0.15) is 0 Å². The number of rotatable bonds is 4. The number of anilines is 1. The Morgan fingerprint density at radius 1 is 1.30 bits per heavy atom. The molecule has 0 radical (unpaired) electrons. The number of hydrogen-bond acceptors (Lipinski definition) is 5. The van der Waals surface area contributed by atoms with E-state index in [1.165, 1.54) is 0 Å². The van der Waals surface area contributed by atoms with Gasteiger partial charge in [0.25, 0.3) is 0 Å². The van der Waals surface area contributed by atoms with Crippen LogP contribution in [0.1, 0.15) is 19.8 Å². The number of hydrogen-bond donors (Lipinski definition) is 0. The molecule has 6 nitrogen and oxygen atoms in total. The molecule has 2 heterocycles. The van der Waals surface area contributed by atoms with Crippen LogP contribution in [0.25, 0.3) is 0 Å². The van der Waals surface area contributed by atoms with E-state index < -0.39 is 0 Å². The molecule has 1 saturated heterocycles. The fourth-order valence-electron chi connectivity index (χ4n) is 1.98. The van der Waals surface area contributed by atoms with Crippen LogP contribution in [0.5, 0.6) is 0 Å². The minimum absolute atomic E-state index is 0.208. The van der Waals surface area contributed by atoms with Gasteiger partial charge < -0.3 is 14.5 Å². The second-order valence-electron chi connectivity index (χ2n) is 4.64. The first-order chi connectivity index (χ1) is 9.70. The predicted molar refractivity (Wildman–Crippen MR) is 79.8 cm³/mol. The van der Waals surface area contributed by atoms with Crippen LogP contribution in [0.3, 0.4) is 0 Å². The van der Waals surface area contributed by atoms with Crippen LogP contribution in [0.15, 0.2) is 17.0 Å². The van der Waals surface area contributed by atoms with E-state index in [1.54, 1.807) is 17.3 Å². The molecule has 1 fully saturated rings. The third-order valence-corrected chi connectivity index (χ3v) is 3.60. The molecule has 1 aromatic heterocycles. The molecular formula is C13H19BrN4O2. The number of aromatic nitrogens is 2. The first kappa shape index (κ1) is 15.0. The first-order valence-electron chi connectivity index (χ1n) is 6.85. The largest absolute Gasteiger partial charge is 0.449 e. The van der Waals surface area contributed by atoms with Crippen molar-refractivity contribution in [3.05, 3.63) is 17.0 Å². The second-order valence-corrected chi connectivity index (χ2v) is 5.45. The Balaban J connectivity index is 1.80. The SMILES string of the molecule is CCCCOC(=O)N1CCN(c2cnc(Br)cn2)CC1. The molecule has 0 atom stereocenters. The molecule has 1 aliphatic rings. The van der Waals surface area contributed by atoms with Gasteiger partial charge in [0.05, 0.1) is 19.0 Å². The Morgan fingerprint density at radius 3 is 2.65 bits per heavy atom. The third kappa shape index (κ3) is 4.06. The van der Waals surface area contributed by atoms with Crippen LogP contribution >= 0.6 is 15.9 Å². The third-order valence-electron chi connectivity index (χ3n) is 3.19. The molecule has 0 saturated carbocycles. The Morgan fingerprint density at radius 2 is 2.05 bits per heavy atom. The van der Waals surface area contributed by atoms with Gasteiger partial charge in [0.15, 0.2) is 0 Å². The summed E-state index contributed by atoms with van der Waals surface area (Å²) in [7, 11) is 0. The van der Waals surface area contributed by atoms with Crippen molar-refractivity contribution in [3.8, 4) is 0 Å². The van der Waals surface area contributed by atoms with E-state index in [2.05, 4.69) is 37.7 Å². The zero-order valence-corrected chi connectivity index (χ0v) is 13.2. The van der Waals surface area contributed by atoms with E-state index in [9.17, 15) is 4.79 Å². The van der Waals surface area contributed by atoms with Crippen LogP contribution in [-0.2, 0) is 4.74 Å². The van der Waals surface area contributed by atoms with Gasteiger partial charge in [-0.05, 0) is 22.4 Å². The summed E-state index contributed by atoms with van der Waals surface area (Å²) in [6.45, 7) is 5.39. The molecule has 20 heavy (non-hydrogen) atoms. The van der Waals surface area contributed by atoms with Gasteiger partial charge in [-0.3, -0.25) is 0 Å². The van der Waals surface area contributed by atoms with Crippen molar-refractivity contribution in [1.29, 1.82) is 0 Å². The lowest BCUT2D eigenvalue weighted by Gasteiger charge is -2.34. The van der Waals surface area contributed by atoms with E-state index in [-0.39, 0.29) is 6.09 Å². The molecule has 0 bridgehead atoms. The van der Waals surface area contributed by atoms with Crippen molar-refractivity contribution in [2.75, 3.05) is 37.7 Å². The lowest BCUT2D eigenvalue weighted by Crippen LogP contribution is -2.49. The van der Waals surface area contributed by atoms with Crippen molar-refractivity contribution in [2.45, 2.75) is 19.8 Å². The fourth-order valence-corrected chi connectivity index (χ4v) is 2.19. The minimum atomic E-state index is -0.208. The van der Waals surface area contributed by atoms with Crippen molar-refractivity contribution in [2.24, 2.45) is 0 Å². The number of piperazine rings is 1. The lowest BCUT2D eigenvalue weighted by atomic mass is 10.3. The summed E-state index contributed by atoms with van der Waals surface area (Å²) >= 11 is 3.27. The van der Waals surface area contributed by atoms with E-state index in [0.717, 1.165) is 36.4 Å². The van der Waals surface area contributed by atoms with E-state index in [1.807, 2.05) is 0 Å². The monoisotopic (exact) mass is 342 g/mol. The maximum atomic E-state index is 11.8. The average Bonchev–Trinajstić information content (AvgIpc) is 2.48. The van der Waals surface area contributed by atoms with Gasteiger partial charge in [0.2, 0.25) is 0 Å². The topological polar surface area (TPSA) is 58.6 Å². The number of carbonyl (C=O) groups excluding carboxylic acids is 1. The van der Waals surface area contributed by atoms with E-state index in [0.29, 0.717) is 19.7 Å². The van der Waals surface area contributed by atoms with Crippen molar-refractivity contribution >= 4 is 27.8 Å². The highest BCUT2D eigenvalue weighted by Crippen LogP contribution is 2.14. The van der Waals surface area contributed by atoms with E-state index >= 15 is 0 Å². The van der Waals surface area contributed by atoms with Gasteiger partial charge in [-0.15, -0.1) is 0 Å². The molecule has 0 aromatic carbocycles. The predicted octanol–water partition coefficient (Wildman–Crippen LogP) is 2.30. The fraction of sp³-hybridized carbons (Fsp3) is 0.615. The van der Waals surface area contributed by atoms with Crippen LogP contribution in [0.2, 0.25) is 0 Å². The molecule has 1 aromatic rings. The summed E-state index contributed by atoms with van der Waals surface area (Å²) in [5.74, 6) is 0.840. The summed E-state index contributed by atoms with van der Waals surface area (Å²) in [6, 6.07) is 0. The Hall–Kier alpha value is -1.37. The number of ether oxygens (including phenoxy) is 1. The Bertz CT molecular complexity index is 433. The number of amides is 1. The molecule has 0 unspecified atom stereocenters. The zero-order chi connectivity index (χ0) is 14.4. The van der Waals surface area contributed by atoms with Crippen LogP contribution in [0, 0.1) is 0 Å². The van der Waals surface area contributed by atoms with Crippen LogP contribution in [0.4, 0.5) is 10.6 Å². The number of halogens is 1. The van der Waals surface area contributed by atoms with Gasteiger partial charge in [-0.25, -0.2) is 14.8 Å². The second kappa shape index (κ2) is 7.42. The number of carbonyl (C=O) groups is 1. The highest BCUT2D eigenvalue weighted by atomic mass is 79.9. The standard InChI is InChI=1S/C13H19BrN4O2/c1-2-3-8-20-13(19)18-6-4-17(5-7-18)12-10-15-11(14)9-16-12/h9-10H,2-8H2,1H3. The van der Waals surface area contributed by atoms with Crippen molar-refractivity contribution in [1.82, 2.24) is 14.9 Å². The van der Waals surface area contributed by atoms with Gasteiger partial charge >= 0.3 is 6.09 Å². The summed E-state index contributed by atoms with van der Waals surface area (Å²) < 4.78 is 5.93. The Labute approximate surface area is 127 Å². The maximum absolute atomic E-state index is 11.8. The highest BCUT2D eigenvalue weighted by Gasteiger charge is 2.22. The average molecular weight is 343 g/mol. The highest BCUT2D eigenvalue weighted by molar-refractivity contribution is 9.10. The van der Waals surface area contributed by atoms with Gasteiger partial charge in [0.1, 0.15) is 10.4 Å². The first-order valence-corrected chi connectivity index (χ1v) is 7.64.